The molecule has 2 saturated carbocycles. The van der Waals surface area contributed by atoms with Crippen molar-refractivity contribution < 1.29 is 14.3 Å². The van der Waals surface area contributed by atoms with Crippen LogP contribution in [-0.2, 0) is 17.6 Å². The number of amides is 1. The molecule has 0 unspecified atom stereocenters. The number of aryl methyl sites for hydroxylation is 2. The summed E-state index contributed by atoms with van der Waals surface area (Å²) in [6.45, 7) is 25.0. The fraction of sp³-hybridized carbons (Fsp3) is 0.621. The van der Waals surface area contributed by atoms with Gasteiger partial charge in [-0.25, -0.2) is 9.03 Å². The number of anilines is 1. The van der Waals surface area contributed by atoms with Crippen LogP contribution in [0.25, 0.3) is 27.9 Å². The number of allylic oxidation sites excluding steroid dienone is 3. The number of hydrogen-bond acceptors (Lipinski definition) is 8. The Morgan fingerprint density at radius 3 is 1.70 bits per heavy atom. The van der Waals surface area contributed by atoms with Gasteiger partial charge in [0.2, 0.25) is 0 Å². The minimum Gasteiger partial charge on any atom is -0.500 e. The van der Waals surface area contributed by atoms with E-state index in [2.05, 4.69) is 114 Å². The van der Waals surface area contributed by atoms with Gasteiger partial charge in [0.15, 0.2) is 0 Å². The van der Waals surface area contributed by atoms with Crippen molar-refractivity contribution in [2.24, 2.45) is 29.1 Å². The van der Waals surface area contributed by atoms with Crippen LogP contribution in [0.3, 0.4) is 0 Å². The Balaban J connectivity index is 0.000000188. The summed E-state index contributed by atoms with van der Waals surface area (Å²) >= 11 is 0. The van der Waals surface area contributed by atoms with E-state index in [0.717, 1.165) is 116 Å². The highest BCUT2D eigenvalue weighted by Crippen LogP contribution is 2.47. The lowest BCUT2D eigenvalue weighted by Crippen LogP contribution is -2.33. The van der Waals surface area contributed by atoms with E-state index in [4.69, 9.17) is 19.7 Å². The molecule has 11 heteroatoms. The van der Waals surface area contributed by atoms with Crippen molar-refractivity contribution in [1.82, 2.24) is 33.9 Å². The normalized spacial score (nSPS) is 17.9. The first-order valence-electron chi connectivity index (χ1n) is 30.5. The van der Waals surface area contributed by atoms with Gasteiger partial charge in [-0.15, -0.1) is 0 Å². The fourth-order valence-corrected chi connectivity index (χ4v) is 12.1. The number of rotatable bonds is 26. The van der Waals surface area contributed by atoms with E-state index >= 15 is 0 Å². The zero-order valence-corrected chi connectivity index (χ0v) is 48.8. The molecule has 5 aliphatic rings. The summed E-state index contributed by atoms with van der Waals surface area (Å²) in [4.78, 5) is 23.8. The standard InChI is InChI=1S/C33H44N4O2.C33H52N4O/c1-39-29-13-11-27(12-14-29)32-30(6-5-20-35-18-3-2-4-19-35)31-24-28(17-23-37(31)34-32)33(38)36(21-15-25-7-8-25)22-16-26-9-10-26;1-25(2)15-21-36(22-16-26(3)4)27-17-23-37-30(24-27)28(12-11-20-35-18-9-8-10-19-35)32(34-37)29-13-14-31(38-7)33(29,5)6/h11-14,17,23-26H,2-10,15-16,18-22H2,1H3;13-14,17,23-26H,8-12,15-16,18-22H2,1-7H3. The van der Waals surface area contributed by atoms with Gasteiger partial charge in [-0.05, 0) is 214 Å². The van der Waals surface area contributed by atoms with E-state index < -0.39 is 0 Å². The number of carbonyl (C=O) groups excluding carboxylic acids is 1. The average Bonchev–Trinajstić information content (AvgIpc) is 4.39. The summed E-state index contributed by atoms with van der Waals surface area (Å²) in [6.07, 6.45) is 30.9. The van der Waals surface area contributed by atoms with Gasteiger partial charge < -0.3 is 29.1 Å². The number of benzene rings is 1. The molecule has 6 heterocycles. The molecule has 1 aromatic carbocycles. The molecule has 77 heavy (non-hydrogen) atoms. The molecule has 0 N–H and O–H groups in total. The minimum atomic E-state index is -0.183. The monoisotopic (exact) mass is 1050 g/mol. The second kappa shape index (κ2) is 26.7. The van der Waals surface area contributed by atoms with E-state index in [1.807, 2.05) is 28.9 Å². The van der Waals surface area contributed by atoms with Crippen LogP contribution in [0.4, 0.5) is 5.69 Å². The third kappa shape index (κ3) is 15.0. The van der Waals surface area contributed by atoms with Gasteiger partial charge in [0, 0.05) is 71.9 Å². The molecule has 418 valence electrons. The molecule has 2 saturated heterocycles. The Bertz CT molecular complexity index is 2720. The topological polar surface area (TPSA) is 83.1 Å². The van der Waals surface area contributed by atoms with E-state index in [1.165, 1.54) is 144 Å². The zero-order chi connectivity index (χ0) is 53.9. The summed E-state index contributed by atoms with van der Waals surface area (Å²) in [5.74, 6) is 5.11. The highest BCUT2D eigenvalue weighted by Gasteiger charge is 2.37. The maximum atomic E-state index is 13.8. The summed E-state index contributed by atoms with van der Waals surface area (Å²) in [5, 5.41) is 10.2. The zero-order valence-electron chi connectivity index (χ0n) is 48.8. The van der Waals surface area contributed by atoms with Crippen LogP contribution >= 0.6 is 0 Å². The van der Waals surface area contributed by atoms with Crippen molar-refractivity contribution in [1.29, 1.82) is 0 Å². The molecular formula is C66H96N8O3. The first kappa shape index (κ1) is 56.6. The second-order valence-corrected chi connectivity index (χ2v) is 24.9. The number of fused-ring (bicyclic) bond motifs is 2. The van der Waals surface area contributed by atoms with Gasteiger partial charge in [-0.2, -0.15) is 10.2 Å². The van der Waals surface area contributed by atoms with Crippen LogP contribution in [0, 0.1) is 29.1 Å². The molecule has 5 aromatic rings. The average molecular weight is 1050 g/mol. The van der Waals surface area contributed by atoms with Gasteiger partial charge in [-0.1, -0.05) is 72.3 Å². The summed E-state index contributed by atoms with van der Waals surface area (Å²) < 4.78 is 15.3. The van der Waals surface area contributed by atoms with Crippen LogP contribution < -0.4 is 9.64 Å². The molecule has 3 aliphatic carbocycles. The molecule has 1 amide bonds. The van der Waals surface area contributed by atoms with E-state index in [1.54, 1.807) is 14.2 Å². The number of likely N-dealkylation sites (tertiary alicyclic amines) is 2. The number of pyridine rings is 2. The molecule has 0 spiro atoms. The lowest BCUT2D eigenvalue weighted by atomic mass is 9.82. The van der Waals surface area contributed by atoms with E-state index in [9.17, 15) is 4.79 Å². The van der Waals surface area contributed by atoms with Crippen molar-refractivity contribution >= 4 is 28.2 Å². The lowest BCUT2D eigenvalue weighted by Gasteiger charge is -2.27. The number of hydrogen-bond donors (Lipinski definition) is 0. The van der Waals surface area contributed by atoms with Gasteiger partial charge >= 0.3 is 0 Å². The van der Waals surface area contributed by atoms with Crippen LogP contribution in [0.15, 0.2) is 78.8 Å². The molecule has 10 rings (SSSR count). The van der Waals surface area contributed by atoms with Crippen molar-refractivity contribution in [3.05, 3.63) is 101 Å². The first-order chi connectivity index (χ1) is 37.4. The predicted molar refractivity (Wildman–Crippen MR) is 318 cm³/mol. The van der Waals surface area contributed by atoms with Crippen LogP contribution in [0.5, 0.6) is 5.75 Å². The van der Waals surface area contributed by atoms with Crippen LogP contribution in [-0.4, -0.2) is 120 Å². The predicted octanol–water partition coefficient (Wildman–Crippen LogP) is 14.1. The lowest BCUT2D eigenvalue weighted by molar-refractivity contribution is 0.0747. The van der Waals surface area contributed by atoms with Gasteiger partial charge in [0.05, 0.1) is 36.6 Å². The summed E-state index contributed by atoms with van der Waals surface area (Å²) in [6, 6.07) is 17.0. The Labute approximate surface area is 463 Å². The number of piperidine rings is 2. The second-order valence-electron chi connectivity index (χ2n) is 24.9. The Morgan fingerprint density at radius 1 is 0.649 bits per heavy atom. The largest absolute Gasteiger partial charge is 0.500 e. The maximum absolute atomic E-state index is 13.8. The number of carbonyl (C=O) groups is 1. The highest BCUT2D eigenvalue weighted by atomic mass is 16.5. The number of nitrogens with zero attached hydrogens (tertiary/aromatic N) is 8. The molecule has 0 atom stereocenters. The molecule has 0 radical (unpaired) electrons. The Morgan fingerprint density at radius 2 is 1.18 bits per heavy atom. The van der Waals surface area contributed by atoms with E-state index in [-0.39, 0.29) is 11.3 Å². The van der Waals surface area contributed by atoms with Crippen molar-refractivity contribution in [2.75, 3.05) is 84.6 Å². The highest BCUT2D eigenvalue weighted by molar-refractivity contribution is 5.96. The molecule has 0 bridgehead atoms. The Kier molecular flexibility index (Phi) is 19.6. The summed E-state index contributed by atoms with van der Waals surface area (Å²) in [7, 11) is 3.48. The van der Waals surface area contributed by atoms with Gasteiger partial charge in [0.1, 0.15) is 11.5 Å². The van der Waals surface area contributed by atoms with Gasteiger partial charge in [-0.3, -0.25) is 4.79 Å². The molecule has 2 aliphatic heterocycles. The van der Waals surface area contributed by atoms with Crippen LogP contribution in [0.1, 0.15) is 171 Å². The number of ether oxygens (including phenoxy) is 2. The fourth-order valence-electron chi connectivity index (χ4n) is 12.1. The smallest absolute Gasteiger partial charge is 0.253 e. The maximum Gasteiger partial charge on any atom is 0.253 e. The summed E-state index contributed by atoms with van der Waals surface area (Å²) in [5.41, 5.74) is 11.4. The first-order valence-corrected chi connectivity index (χ1v) is 30.5. The van der Waals surface area contributed by atoms with Crippen molar-refractivity contribution in [2.45, 2.75) is 157 Å². The molecule has 11 nitrogen and oxygen atoms in total. The Hall–Kier alpha value is -5.13. The van der Waals surface area contributed by atoms with Crippen molar-refractivity contribution in [3.8, 4) is 17.0 Å². The van der Waals surface area contributed by atoms with E-state index in [0.29, 0.717) is 11.8 Å². The van der Waals surface area contributed by atoms with Gasteiger partial charge in [0.25, 0.3) is 5.91 Å². The third-order valence-electron chi connectivity index (χ3n) is 17.5. The third-order valence-corrected chi connectivity index (χ3v) is 17.5. The molecular weight excluding hydrogens is 953 g/mol. The molecule has 4 fully saturated rings. The minimum absolute atomic E-state index is 0.183. The van der Waals surface area contributed by atoms with Crippen LogP contribution in [0.2, 0.25) is 0 Å². The number of methoxy groups -OCH3 is 2. The van der Waals surface area contributed by atoms with Crippen molar-refractivity contribution in [3.63, 3.8) is 0 Å². The SMILES string of the molecule is COC1=CC=C(c2nn3ccc(N(CCC(C)C)CCC(C)C)cc3c2CCCN2CCCCC2)C1(C)C.COc1ccc(-c2nn3ccc(C(=O)N(CCC4CC4)CCC4CC4)cc3c2CCCN2CCCCC2)cc1. The quantitative estimate of drug-likeness (QED) is 0.0542. The molecule has 4 aromatic heterocycles. The number of aromatic nitrogens is 4.